The number of allylic oxidation sites excluding steroid dienone is 18. The Morgan fingerprint density at radius 2 is 1.23 bits per heavy atom. The normalized spacial score (nSPS) is 33.8. The average Bonchev–Trinajstić information content (AvgIpc) is 3.49. The SMILES string of the molecule is CC1=C[C@H](O)CC(C)(C)[C@H]1/C=C/C(C)=C/C=C/C(C)=C/C=C/C=C(C)/C=C/C=C(C)/C=C/[C@]12O[C@@]1(C)C[C@H](O)CC2(C)C. The molecule has 1 saturated heterocycles. The number of hydrogen-bond acceptors (Lipinski definition) is 3. The van der Waals surface area contributed by atoms with Crippen molar-refractivity contribution in [1.82, 2.24) is 0 Å². The average molecular weight is 585 g/mol. The van der Waals surface area contributed by atoms with E-state index in [1.807, 2.05) is 6.08 Å². The zero-order chi connectivity index (χ0) is 32.1. The minimum atomic E-state index is -0.333. The van der Waals surface area contributed by atoms with Crippen LogP contribution in [0.15, 0.2) is 119 Å². The first-order chi connectivity index (χ1) is 20.0. The number of ether oxygens (including phenoxy) is 1. The minimum absolute atomic E-state index is 0.0547. The Morgan fingerprint density at radius 3 is 1.77 bits per heavy atom. The molecule has 1 saturated carbocycles. The second kappa shape index (κ2) is 13.9. The monoisotopic (exact) mass is 584 g/mol. The molecule has 0 aromatic heterocycles. The third-order valence-corrected chi connectivity index (χ3v) is 9.43. The molecule has 234 valence electrons. The maximum Gasteiger partial charge on any atom is 0.121 e. The van der Waals surface area contributed by atoms with Crippen LogP contribution >= 0.6 is 0 Å². The summed E-state index contributed by atoms with van der Waals surface area (Å²) in [6.45, 7) is 21.5. The van der Waals surface area contributed by atoms with Gasteiger partial charge in [-0.1, -0.05) is 141 Å². The van der Waals surface area contributed by atoms with Crippen LogP contribution in [0.25, 0.3) is 0 Å². The Hall–Kier alpha value is -2.72. The molecule has 2 aliphatic carbocycles. The number of epoxide rings is 1. The maximum absolute atomic E-state index is 10.2. The lowest BCUT2D eigenvalue weighted by Crippen LogP contribution is -2.46. The molecule has 2 N–H and O–H groups in total. The van der Waals surface area contributed by atoms with E-state index < -0.39 is 0 Å². The van der Waals surface area contributed by atoms with Crippen LogP contribution < -0.4 is 0 Å². The van der Waals surface area contributed by atoms with Crippen LogP contribution in [-0.2, 0) is 4.74 Å². The molecule has 0 radical (unpaired) electrons. The number of aliphatic hydroxyl groups is 2. The van der Waals surface area contributed by atoms with Gasteiger partial charge in [0.05, 0.1) is 12.2 Å². The molecule has 0 aromatic rings. The number of aliphatic hydroxyl groups excluding tert-OH is 2. The Labute approximate surface area is 262 Å². The molecule has 5 atom stereocenters. The largest absolute Gasteiger partial charge is 0.393 e. The van der Waals surface area contributed by atoms with Gasteiger partial charge in [-0.2, -0.15) is 0 Å². The number of rotatable bonds is 10. The third kappa shape index (κ3) is 8.91. The van der Waals surface area contributed by atoms with Crippen molar-refractivity contribution in [3.63, 3.8) is 0 Å². The second-order valence-electron chi connectivity index (χ2n) is 14.6. The van der Waals surface area contributed by atoms with E-state index in [4.69, 9.17) is 4.74 Å². The summed E-state index contributed by atoms with van der Waals surface area (Å²) in [5.74, 6) is 0.345. The molecule has 0 bridgehead atoms. The van der Waals surface area contributed by atoms with E-state index in [-0.39, 0.29) is 34.2 Å². The summed E-state index contributed by atoms with van der Waals surface area (Å²) in [4.78, 5) is 0. The predicted molar refractivity (Wildman–Crippen MR) is 184 cm³/mol. The van der Waals surface area contributed by atoms with E-state index in [9.17, 15) is 10.2 Å². The Bertz CT molecular complexity index is 1320. The molecule has 0 spiro atoms. The molecule has 3 aliphatic rings. The highest BCUT2D eigenvalue weighted by atomic mass is 16.6. The quantitative estimate of drug-likeness (QED) is 0.153. The van der Waals surface area contributed by atoms with Crippen LogP contribution in [-0.4, -0.2) is 33.6 Å². The first kappa shape index (κ1) is 34.8. The molecule has 1 heterocycles. The van der Waals surface area contributed by atoms with Crippen molar-refractivity contribution in [3.8, 4) is 0 Å². The molecular formula is C40H56O3. The van der Waals surface area contributed by atoms with Gasteiger partial charge in [0.25, 0.3) is 0 Å². The van der Waals surface area contributed by atoms with Gasteiger partial charge >= 0.3 is 0 Å². The van der Waals surface area contributed by atoms with E-state index in [0.29, 0.717) is 12.3 Å². The summed E-state index contributed by atoms with van der Waals surface area (Å²) in [7, 11) is 0. The fraction of sp³-hybridized carbons (Fsp3) is 0.500. The molecule has 43 heavy (non-hydrogen) atoms. The zero-order valence-electron chi connectivity index (χ0n) is 28.3. The van der Waals surface area contributed by atoms with Crippen molar-refractivity contribution in [3.05, 3.63) is 119 Å². The Morgan fingerprint density at radius 1 is 0.721 bits per heavy atom. The van der Waals surface area contributed by atoms with Crippen LogP contribution in [0.2, 0.25) is 0 Å². The fourth-order valence-corrected chi connectivity index (χ4v) is 7.07. The van der Waals surface area contributed by atoms with Gasteiger partial charge in [-0.3, -0.25) is 0 Å². The van der Waals surface area contributed by atoms with Crippen LogP contribution in [0, 0.1) is 16.7 Å². The van der Waals surface area contributed by atoms with Crippen molar-refractivity contribution >= 4 is 0 Å². The first-order valence-electron chi connectivity index (χ1n) is 15.8. The summed E-state index contributed by atoms with van der Waals surface area (Å²) in [6.07, 6.45) is 33.5. The van der Waals surface area contributed by atoms with Crippen LogP contribution in [0.4, 0.5) is 0 Å². The van der Waals surface area contributed by atoms with Gasteiger partial charge in [0.15, 0.2) is 0 Å². The van der Waals surface area contributed by atoms with Crippen LogP contribution in [0.5, 0.6) is 0 Å². The van der Waals surface area contributed by atoms with E-state index in [2.05, 4.69) is 154 Å². The predicted octanol–water partition coefficient (Wildman–Crippen LogP) is 9.61. The zero-order valence-corrected chi connectivity index (χ0v) is 28.3. The molecule has 1 aliphatic heterocycles. The fourth-order valence-electron chi connectivity index (χ4n) is 7.07. The highest BCUT2D eigenvalue weighted by molar-refractivity contribution is 5.37. The van der Waals surface area contributed by atoms with Gasteiger partial charge in [-0.25, -0.2) is 0 Å². The molecule has 0 unspecified atom stereocenters. The summed E-state index contributed by atoms with van der Waals surface area (Å²) in [5, 5.41) is 20.3. The molecule has 0 aromatic carbocycles. The second-order valence-corrected chi connectivity index (χ2v) is 14.6. The topological polar surface area (TPSA) is 53.0 Å². The number of fused-ring (bicyclic) bond motifs is 1. The lowest BCUT2D eigenvalue weighted by molar-refractivity contribution is 0.0515. The first-order valence-corrected chi connectivity index (χ1v) is 15.8. The number of hydrogen-bond donors (Lipinski definition) is 2. The van der Waals surface area contributed by atoms with Gasteiger partial charge in [0.2, 0.25) is 0 Å². The highest BCUT2D eigenvalue weighted by Gasteiger charge is 2.74. The summed E-state index contributed by atoms with van der Waals surface area (Å²) in [6, 6.07) is 0. The van der Waals surface area contributed by atoms with Gasteiger partial charge < -0.3 is 14.9 Å². The van der Waals surface area contributed by atoms with Crippen molar-refractivity contribution in [2.75, 3.05) is 0 Å². The molecule has 0 amide bonds. The van der Waals surface area contributed by atoms with Gasteiger partial charge in [-0.05, 0) is 65.9 Å². The van der Waals surface area contributed by atoms with Crippen molar-refractivity contribution in [2.24, 2.45) is 16.7 Å². The highest BCUT2D eigenvalue weighted by Crippen LogP contribution is 2.66. The summed E-state index contributed by atoms with van der Waals surface area (Å²) in [5.41, 5.74) is 5.38. The van der Waals surface area contributed by atoms with Crippen molar-refractivity contribution < 1.29 is 14.9 Å². The maximum atomic E-state index is 10.2. The van der Waals surface area contributed by atoms with E-state index in [1.54, 1.807) is 0 Å². The van der Waals surface area contributed by atoms with Crippen molar-refractivity contribution in [1.29, 1.82) is 0 Å². The molecule has 3 nitrogen and oxygen atoms in total. The molecule has 3 heteroatoms. The third-order valence-electron chi connectivity index (χ3n) is 9.43. The smallest absolute Gasteiger partial charge is 0.121 e. The van der Waals surface area contributed by atoms with Gasteiger partial charge in [0, 0.05) is 17.8 Å². The molecular weight excluding hydrogens is 528 g/mol. The van der Waals surface area contributed by atoms with Crippen LogP contribution in [0.3, 0.4) is 0 Å². The van der Waals surface area contributed by atoms with Gasteiger partial charge in [0.1, 0.15) is 11.2 Å². The van der Waals surface area contributed by atoms with Crippen molar-refractivity contribution in [2.45, 2.75) is 112 Å². The van der Waals surface area contributed by atoms with Gasteiger partial charge in [-0.15, -0.1) is 0 Å². The van der Waals surface area contributed by atoms with E-state index in [0.717, 1.165) is 12.8 Å². The van der Waals surface area contributed by atoms with Crippen LogP contribution in [0.1, 0.15) is 88.5 Å². The molecule has 2 fully saturated rings. The summed E-state index contributed by atoms with van der Waals surface area (Å²) >= 11 is 0. The minimum Gasteiger partial charge on any atom is -0.393 e. The molecule has 3 rings (SSSR count). The summed E-state index contributed by atoms with van der Waals surface area (Å²) < 4.78 is 6.25. The standard InChI is InChI=1S/C40H56O3/c1-29(17-13-19-31(3)21-22-36-33(5)25-34(41)26-37(36,6)7)15-11-12-16-30(2)18-14-20-32(4)23-24-40-38(8,9)27-35(42)28-39(40,10)43-40/h11-25,34-36,41-42H,26-28H2,1-10H3/b12-11+,17-13+,18-14+,22-21+,24-23+,29-15+,30-16+,31-19+,32-20+/t34-,35+,36-,39-,40+/m0/s1. The lowest BCUT2D eigenvalue weighted by Gasteiger charge is -2.39. The van der Waals surface area contributed by atoms with E-state index in [1.165, 1.54) is 27.9 Å². The van der Waals surface area contributed by atoms with E-state index >= 15 is 0 Å². The Balaban J connectivity index is 1.49. The lowest BCUT2D eigenvalue weighted by atomic mass is 9.63. The Kier molecular flexibility index (Phi) is 11.3.